The van der Waals surface area contributed by atoms with E-state index < -0.39 is 18.5 Å². The molecule has 0 bridgehead atoms. The molecule has 0 unspecified atom stereocenters. The van der Waals surface area contributed by atoms with Crippen LogP contribution in [0.5, 0.6) is 0 Å². The fourth-order valence-electron chi connectivity index (χ4n) is 2.16. The van der Waals surface area contributed by atoms with Gasteiger partial charge >= 0.3 is 11.9 Å². The molecule has 23 heavy (non-hydrogen) atoms. The van der Waals surface area contributed by atoms with E-state index in [0.29, 0.717) is 16.9 Å². The van der Waals surface area contributed by atoms with Crippen molar-refractivity contribution in [1.29, 1.82) is 5.26 Å². The molecule has 122 valence electrons. The Bertz CT molecular complexity index is 784. The molecule has 5 nitrogen and oxygen atoms in total. The highest BCUT2D eigenvalue weighted by atomic mass is 19.4. The van der Waals surface area contributed by atoms with Gasteiger partial charge in [-0.3, -0.25) is 9.13 Å². The second-order valence-corrected chi connectivity index (χ2v) is 4.91. The Balaban J connectivity index is 2.17. The lowest BCUT2D eigenvalue weighted by atomic mass is 10.2. The van der Waals surface area contributed by atoms with Crippen LogP contribution in [0.2, 0.25) is 0 Å². The second-order valence-electron chi connectivity index (χ2n) is 4.91. The number of nitrogens with zero attached hydrogens (tertiary/aromatic N) is 3. The summed E-state index contributed by atoms with van der Waals surface area (Å²) in [6.07, 6.45) is -2.84. The topological polar surface area (TPSA) is 59.9 Å². The van der Waals surface area contributed by atoms with E-state index >= 15 is 0 Å². The van der Waals surface area contributed by atoms with E-state index in [1.54, 1.807) is 37.4 Å². The van der Waals surface area contributed by atoms with Crippen molar-refractivity contribution < 1.29 is 17.9 Å². The number of alkyl halides is 3. The Morgan fingerprint density at radius 1 is 1.35 bits per heavy atom. The Morgan fingerprint density at radius 2 is 2.09 bits per heavy atom. The lowest BCUT2D eigenvalue weighted by Gasteiger charge is -2.07. The first-order valence-electron chi connectivity index (χ1n) is 6.75. The van der Waals surface area contributed by atoms with Crippen LogP contribution < -0.4 is 5.69 Å². The van der Waals surface area contributed by atoms with Crippen molar-refractivity contribution in [1.82, 2.24) is 9.13 Å². The molecule has 0 amide bonds. The lowest BCUT2D eigenvalue weighted by Crippen LogP contribution is -2.26. The van der Waals surface area contributed by atoms with Gasteiger partial charge in [-0.1, -0.05) is 6.07 Å². The quantitative estimate of drug-likeness (QED) is 0.793. The molecule has 0 saturated carbocycles. The van der Waals surface area contributed by atoms with Crippen molar-refractivity contribution in [3.05, 3.63) is 52.2 Å². The molecule has 0 fully saturated rings. The Morgan fingerprint density at radius 3 is 2.74 bits per heavy atom. The molecule has 0 saturated heterocycles. The zero-order chi connectivity index (χ0) is 17.0. The molecule has 0 aliphatic carbocycles. The van der Waals surface area contributed by atoms with Gasteiger partial charge in [-0.15, -0.1) is 0 Å². The minimum atomic E-state index is -4.38. The fourth-order valence-corrected chi connectivity index (χ4v) is 2.16. The zero-order valence-electron chi connectivity index (χ0n) is 12.3. The first-order chi connectivity index (χ1) is 10.8. The summed E-state index contributed by atoms with van der Waals surface area (Å²) >= 11 is 0. The Hall–Kier alpha value is -2.53. The van der Waals surface area contributed by atoms with Crippen LogP contribution in [0.1, 0.15) is 11.3 Å². The lowest BCUT2D eigenvalue weighted by molar-refractivity contribution is -0.174. The second kappa shape index (κ2) is 6.71. The minimum absolute atomic E-state index is 0.0146. The zero-order valence-corrected chi connectivity index (χ0v) is 12.3. The number of benzene rings is 1. The number of halogens is 3. The molecular formula is C15H14F3N3O2. The van der Waals surface area contributed by atoms with Crippen LogP contribution >= 0.6 is 0 Å². The maximum Gasteiger partial charge on any atom is 0.411 e. The maximum absolute atomic E-state index is 12.3. The van der Waals surface area contributed by atoms with Gasteiger partial charge in [0, 0.05) is 11.9 Å². The van der Waals surface area contributed by atoms with Crippen LogP contribution in [0, 0.1) is 18.3 Å². The van der Waals surface area contributed by atoms with Gasteiger partial charge in [0.15, 0.2) is 0 Å². The summed E-state index contributed by atoms with van der Waals surface area (Å²) in [5, 5.41) is 8.91. The molecule has 0 aliphatic heterocycles. The average Bonchev–Trinajstić information content (AvgIpc) is 2.77. The van der Waals surface area contributed by atoms with Crippen molar-refractivity contribution in [2.24, 2.45) is 0 Å². The van der Waals surface area contributed by atoms with Crippen LogP contribution in [0.4, 0.5) is 13.2 Å². The van der Waals surface area contributed by atoms with Gasteiger partial charge in [-0.2, -0.15) is 18.4 Å². The fraction of sp³-hybridized carbons (Fsp3) is 0.333. The highest BCUT2D eigenvalue weighted by Crippen LogP contribution is 2.14. The van der Waals surface area contributed by atoms with Crippen LogP contribution in [-0.4, -0.2) is 28.5 Å². The van der Waals surface area contributed by atoms with Gasteiger partial charge in [0.1, 0.15) is 6.61 Å². The van der Waals surface area contributed by atoms with Crippen LogP contribution in [-0.2, 0) is 11.3 Å². The standard InChI is InChI=1S/C15H14F3N3O2/c1-11-9-20(5-6-23-10-15(16,17)18)14(22)21(11)13-4-2-3-12(7-13)8-19/h2-4,7,9H,5-6,10H2,1H3. The summed E-state index contributed by atoms with van der Waals surface area (Å²) in [5.41, 5.74) is 1.16. The van der Waals surface area contributed by atoms with E-state index in [9.17, 15) is 18.0 Å². The number of ether oxygens (including phenoxy) is 1. The third-order valence-electron chi connectivity index (χ3n) is 3.11. The van der Waals surface area contributed by atoms with E-state index in [0.717, 1.165) is 0 Å². The van der Waals surface area contributed by atoms with E-state index in [-0.39, 0.29) is 13.2 Å². The molecular weight excluding hydrogens is 311 g/mol. The van der Waals surface area contributed by atoms with Gasteiger partial charge in [0.25, 0.3) is 0 Å². The number of aryl methyl sites for hydroxylation is 1. The molecule has 0 aliphatic rings. The number of hydrogen-bond donors (Lipinski definition) is 0. The van der Waals surface area contributed by atoms with E-state index in [4.69, 9.17) is 5.26 Å². The van der Waals surface area contributed by atoms with E-state index in [1.165, 1.54) is 9.13 Å². The molecule has 0 N–H and O–H groups in total. The van der Waals surface area contributed by atoms with Crippen molar-refractivity contribution in [3.8, 4) is 11.8 Å². The predicted molar refractivity (Wildman–Crippen MR) is 76.4 cm³/mol. The first kappa shape index (κ1) is 16.8. The number of hydrogen-bond acceptors (Lipinski definition) is 3. The van der Waals surface area contributed by atoms with Crippen LogP contribution in [0.3, 0.4) is 0 Å². The van der Waals surface area contributed by atoms with Crippen molar-refractivity contribution in [3.63, 3.8) is 0 Å². The Kier molecular flexibility index (Phi) is 4.91. The first-order valence-corrected chi connectivity index (χ1v) is 6.75. The van der Waals surface area contributed by atoms with Gasteiger partial charge in [0.05, 0.1) is 30.5 Å². The van der Waals surface area contributed by atoms with E-state index in [2.05, 4.69) is 4.74 Å². The highest BCUT2D eigenvalue weighted by Gasteiger charge is 2.27. The van der Waals surface area contributed by atoms with E-state index in [1.807, 2.05) is 6.07 Å². The predicted octanol–water partition coefficient (Wildman–Crippen LogP) is 2.40. The summed E-state index contributed by atoms with van der Waals surface area (Å²) in [5.74, 6) is 0. The summed E-state index contributed by atoms with van der Waals surface area (Å²) in [6, 6.07) is 8.51. The number of imidazole rings is 1. The largest absolute Gasteiger partial charge is 0.411 e. The van der Waals surface area contributed by atoms with Gasteiger partial charge < -0.3 is 4.74 Å². The summed E-state index contributed by atoms with van der Waals surface area (Å²) < 4.78 is 43.2. The molecule has 1 heterocycles. The molecule has 2 aromatic rings. The molecule has 1 aromatic carbocycles. The van der Waals surface area contributed by atoms with Gasteiger partial charge in [-0.05, 0) is 25.1 Å². The van der Waals surface area contributed by atoms with Crippen molar-refractivity contribution in [2.75, 3.05) is 13.2 Å². The van der Waals surface area contributed by atoms with Crippen molar-refractivity contribution >= 4 is 0 Å². The summed E-state index contributed by atoms with van der Waals surface area (Å²) in [4.78, 5) is 12.3. The molecule has 8 heteroatoms. The SMILES string of the molecule is Cc1cn(CCOCC(F)(F)F)c(=O)n1-c1cccc(C#N)c1. The van der Waals surface area contributed by atoms with Crippen LogP contribution in [0.25, 0.3) is 5.69 Å². The Labute approximate surface area is 130 Å². The summed E-state index contributed by atoms with van der Waals surface area (Å²) in [6.45, 7) is 0.154. The summed E-state index contributed by atoms with van der Waals surface area (Å²) in [7, 11) is 0. The highest BCUT2D eigenvalue weighted by molar-refractivity contribution is 5.42. The molecule has 0 spiro atoms. The monoisotopic (exact) mass is 325 g/mol. The molecule has 2 rings (SSSR count). The number of nitriles is 1. The van der Waals surface area contributed by atoms with Gasteiger partial charge in [0.2, 0.25) is 0 Å². The third-order valence-corrected chi connectivity index (χ3v) is 3.11. The number of aromatic nitrogens is 2. The smallest absolute Gasteiger partial charge is 0.370 e. The minimum Gasteiger partial charge on any atom is -0.370 e. The molecule has 0 radical (unpaired) electrons. The van der Waals surface area contributed by atoms with Crippen LogP contribution in [0.15, 0.2) is 35.3 Å². The molecule has 0 atom stereocenters. The number of rotatable bonds is 5. The average molecular weight is 325 g/mol. The van der Waals surface area contributed by atoms with Crippen molar-refractivity contribution in [2.45, 2.75) is 19.6 Å². The third kappa shape index (κ3) is 4.23. The van der Waals surface area contributed by atoms with Gasteiger partial charge in [-0.25, -0.2) is 4.79 Å². The maximum atomic E-state index is 12.3. The molecule has 1 aromatic heterocycles. The normalized spacial score (nSPS) is 11.4.